The molecule has 1 aromatic rings. The number of hydrogen-bond acceptors (Lipinski definition) is 9. The molecule has 34 heavy (non-hydrogen) atoms. The predicted octanol–water partition coefficient (Wildman–Crippen LogP) is 1.93. The van der Waals surface area contributed by atoms with Crippen LogP contribution in [0.5, 0.6) is 0 Å². The monoisotopic (exact) mass is 500 g/mol. The number of nitrogens with zero attached hydrogens (tertiary/aromatic N) is 2. The summed E-state index contributed by atoms with van der Waals surface area (Å²) < 4.78 is 57.9. The fourth-order valence-electron chi connectivity index (χ4n) is 3.32. The first-order valence-electron chi connectivity index (χ1n) is 10.3. The quantitative estimate of drug-likeness (QED) is 0.343. The van der Waals surface area contributed by atoms with E-state index in [0.29, 0.717) is 0 Å². The molecule has 0 bridgehead atoms. The fourth-order valence-corrected chi connectivity index (χ4v) is 4.63. The van der Waals surface area contributed by atoms with Crippen molar-refractivity contribution in [3.8, 4) is 0 Å². The second-order valence-electron chi connectivity index (χ2n) is 7.91. The van der Waals surface area contributed by atoms with Crippen LogP contribution in [-0.2, 0) is 30.0 Å². The molecule has 0 saturated carbocycles. The van der Waals surface area contributed by atoms with E-state index in [0.717, 1.165) is 10.5 Å². The van der Waals surface area contributed by atoms with Crippen LogP contribution in [0.1, 0.15) is 12.5 Å². The molecular formula is C21H27F2N4O6P. The summed E-state index contributed by atoms with van der Waals surface area (Å²) in [4.78, 5) is 16.9. The number of carbonyl (C=O) groups is 1. The minimum Gasteiger partial charge on any atom is -0.460 e. The van der Waals surface area contributed by atoms with Crippen LogP contribution in [-0.4, -0.2) is 65.5 Å². The molecule has 2 heterocycles. The van der Waals surface area contributed by atoms with E-state index in [4.69, 9.17) is 19.7 Å². The van der Waals surface area contributed by atoms with E-state index in [1.54, 1.807) is 24.3 Å². The highest BCUT2D eigenvalue weighted by molar-refractivity contribution is 7.56. The molecule has 2 aliphatic heterocycles. The lowest BCUT2D eigenvalue weighted by atomic mass is 10.1. The van der Waals surface area contributed by atoms with Crippen molar-refractivity contribution < 1.29 is 37.2 Å². The summed E-state index contributed by atoms with van der Waals surface area (Å²) in [7, 11) is -3.66. The van der Waals surface area contributed by atoms with Gasteiger partial charge in [-0.15, -0.1) is 0 Å². The van der Waals surface area contributed by atoms with Crippen LogP contribution in [0.25, 0.3) is 0 Å². The first kappa shape index (κ1) is 26.0. The average Bonchev–Trinajstić information content (AvgIpc) is 3.00. The lowest BCUT2D eigenvalue weighted by Crippen LogP contribution is -2.47. The van der Waals surface area contributed by atoms with Gasteiger partial charge in [-0.3, -0.25) is 9.36 Å². The number of nitrogens with one attached hydrogen (secondary N) is 1. The number of ether oxygens (including phenoxy) is 2. The molecule has 1 saturated heterocycles. The van der Waals surface area contributed by atoms with Crippen molar-refractivity contribution in [3.63, 3.8) is 0 Å². The van der Waals surface area contributed by atoms with Crippen molar-refractivity contribution >= 4 is 19.3 Å². The third-order valence-corrected chi connectivity index (χ3v) is 6.58. The number of hydrogen-bond donors (Lipinski definition) is 3. The number of amidine groups is 1. The topological polar surface area (TPSA) is 136 Å². The van der Waals surface area contributed by atoms with Gasteiger partial charge in [0.15, 0.2) is 6.10 Å². The molecule has 0 radical (unpaired) electrons. The standard InChI is InChI=1S/C21H27F2N4O6P/c1-13(19(29)31-11-15-7-5-4-6-8-15)26-34(3,30)32-12-16-18(28)21(22,23)20(33-16)27-10-9-17(24)25-14(27)2/h4-10,13,16,18,20,28H,2,11-12H2,1,3H3,(H2,24,25)(H,26,30)/t13-,16+,18?,20+,34-/m0/s1. The van der Waals surface area contributed by atoms with Crippen molar-refractivity contribution in [2.45, 2.75) is 43.9 Å². The van der Waals surface area contributed by atoms with Gasteiger partial charge in [0.1, 0.15) is 30.4 Å². The minimum atomic E-state index is -3.72. The molecule has 0 amide bonds. The van der Waals surface area contributed by atoms with E-state index in [-0.39, 0.29) is 18.3 Å². The number of nitrogens with two attached hydrogens (primary N) is 1. The van der Waals surface area contributed by atoms with Gasteiger partial charge in [-0.05, 0) is 18.6 Å². The van der Waals surface area contributed by atoms with E-state index in [1.165, 1.54) is 25.9 Å². The maximum atomic E-state index is 14.7. The molecule has 186 valence electrons. The summed E-state index contributed by atoms with van der Waals surface area (Å²) >= 11 is 0. The summed E-state index contributed by atoms with van der Waals surface area (Å²) in [6.45, 7) is 5.57. The Morgan fingerprint density at radius 1 is 1.44 bits per heavy atom. The molecule has 0 aliphatic carbocycles. The van der Waals surface area contributed by atoms with E-state index in [1.807, 2.05) is 6.07 Å². The number of aliphatic hydroxyl groups is 1. The number of carbonyl (C=O) groups excluding carboxylic acids is 1. The van der Waals surface area contributed by atoms with Gasteiger partial charge in [0, 0.05) is 12.9 Å². The molecule has 13 heteroatoms. The van der Waals surface area contributed by atoms with Gasteiger partial charge in [-0.2, -0.15) is 8.78 Å². The first-order valence-corrected chi connectivity index (χ1v) is 12.4. The van der Waals surface area contributed by atoms with Gasteiger partial charge in [-0.1, -0.05) is 36.9 Å². The Balaban J connectivity index is 1.54. The summed E-state index contributed by atoms with van der Waals surface area (Å²) in [6.07, 6.45) is -3.19. The second-order valence-corrected chi connectivity index (χ2v) is 10.1. The van der Waals surface area contributed by atoms with Crippen molar-refractivity contribution in [2.75, 3.05) is 13.3 Å². The summed E-state index contributed by atoms with van der Waals surface area (Å²) in [5.74, 6) is -4.40. The Kier molecular flexibility index (Phi) is 7.89. The van der Waals surface area contributed by atoms with Crippen molar-refractivity contribution in [2.24, 2.45) is 10.7 Å². The maximum Gasteiger partial charge on any atom is 0.323 e. The Hall–Kier alpha value is -2.63. The van der Waals surface area contributed by atoms with Crippen LogP contribution in [0.15, 0.2) is 60.0 Å². The Morgan fingerprint density at radius 2 is 2.12 bits per heavy atom. The number of aliphatic hydroxyl groups excluding tert-OH is 1. The lowest BCUT2D eigenvalue weighted by Gasteiger charge is -2.31. The Bertz CT molecular complexity index is 1020. The van der Waals surface area contributed by atoms with E-state index in [2.05, 4.69) is 16.7 Å². The fraction of sp³-hybridized carbons (Fsp3) is 0.429. The highest BCUT2D eigenvalue weighted by atomic mass is 31.2. The van der Waals surface area contributed by atoms with Gasteiger partial charge in [0.25, 0.3) is 7.52 Å². The minimum absolute atomic E-state index is 0.0328. The SMILES string of the molecule is C=C1N=C(N)C=CN1[C@@H]1O[C@H](CO[P@](C)(=O)N[C@@H](C)C(=O)OCc2ccccc2)C(O)C1(F)F. The number of benzene rings is 1. The van der Waals surface area contributed by atoms with Crippen LogP contribution in [0.2, 0.25) is 0 Å². The Labute approximate surface area is 195 Å². The highest BCUT2D eigenvalue weighted by Crippen LogP contribution is 2.43. The summed E-state index contributed by atoms with van der Waals surface area (Å²) in [6, 6.07) is 7.98. The van der Waals surface area contributed by atoms with Crippen molar-refractivity contribution in [1.29, 1.82) is 0 Å². The zero-order chi connectivity index (χ0) is 25.1. The maximum absolute atomic E-state index is 14.7. The third kappa shape index (κ3) is 6.08. The largest absolute Gasteiger partial charge is 0.460 e. The van der Waals surface area contributed by atoms with Crippen LogP contribution >= 0.6 is 7.52 Å². The van der Waals surface area contributed by atoms with Gasteiger partial charge in [0.2, 0.25) is 6.23 Å². The van der Waals surface area contributed by atoms with E-state index in [9.17, 15) is 23.2 Å². The molecule has 10 nitrogen and oxygen atoms in total. The zero-order valence-electron chi connectivity index (χ0n) is 18.6. The molecule has 4 N–H and O–H groups in total. The number of rotatable bonds is 9. The molecule has 5 atom stereocenters. The van der Waals surface area contributed by atoms with Gasteiger partial charge in [0.05, 0.1) is 6.61 Å². The highest BCUT2D eigenvalue weighted by Gasteiger charge is 2.61. The number of aliphatic imine (C=N–C) groups is 1. The molecule has 3 rings (SSSR count). The van der Waals surface area contributed by atoms with Crippen LogP contribution in [0.3, 0.4) is 0 Å². The van der Waals surface area contributed by atoms with Crippen LogP contribution < -0.4 is 10.8 Å². The first-order chi connectivity index (χ1) is 15.9. The smallest absolute Gasteiger partial charge is 0.323 e. The van der Waals surface area contributed by atoms with E-state index < -0.39 is 50.5 Å². The number of alkyl halides is 2. The number of halogens is 2. The van der Waals surface area contributed by atoms with Gasteiger partial charge < -0.3 is 29.7 Å². The average molecular weight is 500 g/mol. The molecular weight excluding hydrogens is 473 g/mol. The van der Waals surface area contributed by atoms with Crippen LogP contribution in [0, 0.1) is 0 Å². The zero-order valence-corrected chi connectivity index (χ0v) is 19.5. The number of esters is 1. The third-order valence-electron chi connectivity index (χ3n) is 5.08. The normalized spacial score (nSPS) is 26.6. The van der Waals surface area contributed by atoms with Crippen LogP contribution in [0.4, 0.5) is 8.78 Å². The van der Waals surface area contributed by atoms with Gasteiger partial charge >= 0.3 is 11.9 Å². The molecule has 0 spiro atoms. The summed E-state index contributed by atoms with van der Waals surface area (Å²) in [5, 5.41) is 12.6. The molecule has 2 aliphatic rings. The summed E-state index contributed by atoms with van der Waals surface area (Å²) in [5.41, 5.74) is 6.30. The molecule has 0 aromatic heterocycles. The Morgan fingerprint density at radius 3 is 2.76 bits per heavy atom. The van der Waals surface area contributed by atoms with E-state index >= 15 is 0 Å². The molecule has 1 aromatic carbocycles. The van der Waals surface area contributed by atoms with Crippen molar-refractivity contribution in [1.82, 2.24) is 9.99 Å². The van der Waals surface area contributed by atoms with Gasteiger partial charge in [-0.25, -0.2) is 10.1 Å². The predicted molar refractivity (Wildman–Crippen MR) is 120 cm³/mol. The molecule has 1 fully saturated rings. The lowest BCUT2D eigenvalue weighted by molar-refractivity contribution is -0.148. The van der Waals surface area contributed by atoms with Crippen molar-refractivity contribution in [3.05, 3.63) is 60.6 Å². The molecule has 1 unspecified atom stereocenters. The second kappa shape index (κ2) is 10.3.